The summed E-state index contributed by atoms with van der Waals surface area (Å²) in [5.74, 6) is 0.0163. The van der Waals surface area contributed by atoms with Gasteiger partial charge in [0.15, 0.2) is 5.96 Å². The van der Waals surface area contributed by atoms with E-state index in [4.69, 9.17) is 5.73 Å². The molecule has 25 heavy (non-hydrogen) atoms. The van der Waals surface area contributed by atoms with Crippen LogP contribution in [0.4, 0.5) is 18.9 Å². The highest BCUT2D eigenvalue weighted by molar-refractivity contribution is 14.0. The zero-order valence-corrected chi connectivity index (χ0v) is 16.6. The molecular weight excluding hydrogens is 468 g/mol. The SMILES string of the molecule is Cc1csc(C(C)CN=C(N)Nc2ccc(OC(F)(F)F)cc2)n1.I. The van der Waals surface area contributed by atoms with Crippen LogP contribution in [0.25, 0.3) is 0 Å². The fraction of sp³-hybridized carbons (Fsp3) is 0.333. The Morgan fingerprint density at radius 1 is 1.36 bits per heavy atom. The minimum Gasteiger partial charge on any atom is -0.406 e. The van der Waals surface area contributed by atoms with Crippen LogP contribution in [0.1, 0.15) is 23.5 Å². The van der Waals surface area contributed by atoms with Crippen LogP contribution in [0.2, 0.25) is 0 Å². The summed E-state index contributed by atoms with van der Waals surface area (Å²) >= 11 is 1.57. The number of hydrogen-bond acceptors (Lipinski definition) is 4. The van der Waals surface area contributed by atoms with Gasteiger partial charge in [0.2, 0.25) is 0 Å². The molecule has 0 saturated carbocycles. The highest BCUT2D eigenvalue weighted by Crippen LogP contribution is 2.24. The second-order valence-corrected chi connectivity index (χ2v) is 6.04. The van der Waals surface area contributed by atoms with Gasteiger partial charge in [-0.2, -0.15) is 0 Å². The largest absolute Gasteiger partial charge is 0.573 e. The molecule has 5 nitrogen and oxygen atoms in total. The van der Waals surface area contributed by atoms with Gasteiger partial charge in [-0.1, -0.05) is 6.92 Å². The van der Waals surface area contributed by atoms with Gasteiger partial charge in [0, 0.05) is 22.7 Å². The number of nitrogens with zero attached hydrogens (tertiary/aromatic N) is 2. The van der Waals surface area contributed by atoms with Gasteiger partial charge < -0.3 is 15.8 Å². The highest BCUT2D eigenvalue weighted by Gasteiger charge is 2.30. The number of aromatic nitrogens is 1. The van der Waals surface area contributed by atoms with E-state index in [9.17, 15) is 13.2 Å². The topological polar surface area (TPSA) is 72.5 Å². The van der Waals surface area contributed by atoms with E-state index < -0.39 is 6.36 Å². The van der Waals surface area contributed by atoms with Gasteiger partial charge in [-0.15, -0.1) is 48.5 Å². The second kappa shape index (κ2) is 9.22. The summed E-state index contributed by atoms with van der Waals surface area (Å²) in [6.07, 6.45) is -4.71. The van der Waals surface area contributed by atoms with E-state index in [1.807, 2.05) is 19.2 Å². The van der Waals surface area contributed by atoms with E-state index in [2.05, 4.69) is 20.0 Å². The standard InChI is InChI=1S/C15H17F3N4OS.HI/c1-9(13-21-10(2)8-24-13)7-20-14(19)22-11-3-5-12(6-4-11)23-15(16,17)18;/h3-6,8-9H,7H2,1-2H3,(H3,19,20,22);1H. The maximum Gasteiger partial charge on any atom is 0.573 e. The highest BCUT2D eigenvalue weighted by atomic mass is 127. The van der Waals surface area contributed by atoms with Crippen LogP contribution in [0.15, 0.2) is 34.6 Å². The monoisotopic (exact) mass is 486 g/mol. The number of hydrogen-bond donors (Lipinski definition) is 2. The number of nitrogens with two attached hydrogens (primary N) is 1. The van der Waals surface area contributed by atoms with Crippen molar-refractivity contribution in [2.75, 3.05) is 11.9 Å². The van der Waals surface area contributed by atoms with Gasteiger partial charge in [-0.25, -0.2) is 4.98 Å². The van der Waals surface area contributed by atoms with E-state index in [1.165, 1.54) is 24.3 Å². The van der Waals surface area contributed by atoms with E-state index in [0.29, 0.717) is 12.2 Å². The van der Waals surface area contributed by atoms with Crippen molar-refractivity contribution in [2.45, 2.75) is 26.1 Å². The average Bonchev–Trinajstić information content (AvgIpc) is 2.92. The first kappa shape index (κ1) is 21.5. The predicted molar refractivity (Wildman–Crippen MR) is 104 cm³/mol. The van der Waals surface area contributed by atoms with Crippen molar-refractivity contribution >= 4 is 47.0 Å². The van der Waals surface area contributed by atoms with Crippen LogP contribution in [-0.2, 0) is 0 Å². The lowest BCUT2D eigenvalue weighted by molar-refractivity contribution is -0.274. The van der Waals surface area contributed by atoms with Crippen LogP contribution in [0.3, 0.4) is 0 Å². The maximum atomic E-state index is 12.1. The van der Waals surface area contributed by atoms with Crippen molar-refractivity contribution in [3.63, 3.8) is 0 Å². The Balaban J connectivity index is 0.00000312. The zero-order chi connectivity index (χ0) is 17.7. The predicted octanol–water partition coefficient (Wildman–Crippen LogP) is 4.50. The third-order valence-electron chi connectivity index (χ3n) is 2.95. The summed E-state index contributed by atoms with van der Waals surface area (Å²) in [5, 5.41) is 5.78. The zero-order valence-electron chi connectivity index (χ0n) is 13.5. The first-order valence-corrected chi connectivity index (χ1v) is 7.95. The van der Waals surface area contributed by atoms with E-state index in [1.54, 1.807) is 11.3 Å². The Labute approximate surface area is 164 Å². The molecule has 1 unspecified atom stereocenters. The molecule has 1 heterocycles. The number of thiazole rings is 1. The maximum absolute atomic E-state index is 12.1. The van der Waals surface area contributed by atoms with Gasteiger partial charge in [0.05, 0.1) is 11.6 Å². The molecule has 0 aliphatic carbocycles. The van der Waals surface area contributed by atoms with Crippen LogP contribution < -0.4 is 15.8 Å². The molecule has 1 aromatic heterocycles. The van der Waals surface area contributed by atoms with E-state index in [0.717, 1.165) is 10.7 Å². The molecule has 0 fully saturated rings. The fourth-order valence-electron chi connectivity index (χ4n) is 1.84. The molecule has 0 aliphatic rings. The number of benzene rings is 1. The molecule has 0 bridgehead atoms. The molecule has 2 rings (SSSR count). The molecule has 138 valence electrons. The van der Waals surface area contributed by atoms with Gasteiger partial charge in [-0.3, -0.25) is 4.99 Å². The van der Waals surface area contributed by atoms with Crippen LogP contribution >= 0.6 is 35.3 Å². The molecule has 1 atom stereocenters. The Hall–Kier alpha value is -1.56. The molecule has 2 aromatic rings. The number of halogens is 4. The fourth-order valence-corrected chi connectivity index (χ4v) is 2.69. The van der Waals surface area contributed by atoms with Crippen molar-refractivity contribution < 1.29 is 17.9 Å². The first-order chi connectivity index (χ1) is 11.2. The van der Waals surface area contributed by atoms with Crippen molar-refractivity contribution in [3.05, 3.63) is 40.3 Å². The number of rotatable bonds is 5. The van der Waals surface area contributed by atoms with Crippen LogP contribution in [0, 0.1) is 6.92 Å². The van der Waals surface area contributed by atoms with Crippen molar-refractivity contribution in [1.29, 1.82) is 0 Å². The molecule has 0 saturated heterocycles. The molecule has 1 aromatic carbocycles. The Morgan fingerprint density at radius 2 is 2.00 bits per heavy atom. The normalized spacial score (nSPS) is 13.1. The lowest BCUT2D eigenvalue weighted by Gasteiger charge is -2.10. The molecule has 10 heteroatoms. The van der Waals surface area contributed by atoms with Crippen molar-refractivity contribution in [2.24, 2.45) is 10.7 Å². The minimum absolute atomic E-state index is 0. The molecule has 0 amide bonds. The average molecular weight is 486 g/mol. The second-order valence-electron chi connectivity index (χ2n) is 5.15. The minimum atomic E-state index is -4.71. The number of aliphatic imine (C=N–C) groups is 1. The molecule has 3 N–H and O–H groups in total. The lowest BCUT2D eigenvalue weighted by atomic mass is 10.2. The smallest absolute Gasteiger partial charge is 0.406 e. The third kappa shape index (κ3) is 7.46. The Morgan fingerprint density at radius 3 is 2.52 bits per heavy atom. The van der Waals surface area contributed by atoms with E-state index in [-0.39, 0.29) is 41.6 Å². The summed E-state index contributed by atoms with van der Waals surface area (Å²) in [6.45, 7) is 4.39. The number of guanidine groups is 1. The van der Waals surface area contributed by atoms with Gasteiger partial charge in [0.25, 0.3) is 0 Å². The Kier molecular flexibility index (Phi) is 7.93. The summed E-state index contributed by atoms with van der Waals surface area (Å²) in [5.41, 5.74) is 7.28. The van der Waals surface area contributed by atoms with Gasteiger partial charge >= 0.3 is 6.36 Å². The molecule has 0 spiro atoms. The summed E-state index contributed by atoms with van der Waals surface area (Å²) in [6, 6.07) is 5.25. The van der Waals surface area contributed by atoms with Crippen LogP contribution in [0.5, 0.6) is 5.75 Å². The number of nitrogens with one attached hydrogen (secondary N) is 1. The first-order valence-electron chi connectivity index (χ1n) is 7.08. The summed E-state index contributed by atoms with van der Waals surface area (Å²) < 4.78 is 40.1. The van der Waals surface area contributed by atoms with Gasteiger partial charge in [-0.05, 0) is 31.2 Å². The number of aryl methyl sites for hydroxylation is 1. The van der Waals surface area contributed by atoms with Crippen molar-refractivity contribution in [1.82, 2.24) is 4.98 Å². The lowest BCUT2D eigenvalue weighted by Crippen LogP contribution is -2.23. The third-order valence-corrected chi connectivity index (χ3v) is 4.15. The number of anilines is 1. The number of ether oxygens (including phenoxy) is 1. The van der Waals surface area contributed by atoms with E-state index >= 15 is 0 Å². The number of alkyl halides is 3. The molecular formula is C15H18F3IN4OS. The molecule has 0 radical (unpaired) electrons. The quantitative estimate of drug-likeness (QED) is 0.371. The van der Waals surface area contributed by atoms with Gasteiger partial charge in [0.1, 0.15) is 5.75 Å². The summed E-state index contributed by atoms with van der Waals surface area (Å²) in [4.78, 5) is 8.62. The summed E-state index contributed by atoms with van der Waals surface area (Å²) in [7, 11) is 0. The van der Waals surface area contributed by atoms with Crippen LogP contribution in [-0.4, -0.2) is 23.9 Å². The molecule has 0 aliphatic heterocycles. The Bertz CT molecular complexity index is 704. The van der Waals surface area contributed by atoms with Crippen molar-refractivity contribution in [3.8, 4) is 5.75 Å².